The van der Waals surface area contributed by atoms with Crippen LogP contribution in [-0.4, -0.2) is 82.1 Å². The number of nitrogens with one attached hydrogen (secondary N) is 3. The van der Waals surface area contributed by atoms with Crippen LogP contribution in [0.4, 0.5) is 11.4 Å². The zero-order chi connectivity index (χ0) is 40.8. The third kappa shape index (κ3) is 9.57. The minimum absolute atomic E-state index is 0.0422. The molecule has 0 atom stereocenters. The number of aryl methyl sites for hydroxylation is 2. The van der Waals surface area contributed by atoms with Crippen LogP contribution in [0.25, 0.3) is 33.4 Å². The summed E-state index contributed by atoms with van der Waals surface area (Å²) in [5.74, 6) is 0.275. The Morgan fingerprint density at radius 3 is 1.57 bits per heavy atom. The second kappa shape index (κ2) is 18.9. The molecular weight excluding hydrogens is 866 g/mol. The van der Waals surface area contributed by atoms with E-state index in [4.69, 9.17) is 14.5 Å². The van der Waals surface area contributed by atoms with Gasteiger partial charge in [0.15, 0.2) is 0 Å². The number of hydrogen-bond donors (Lipinski definition) is 4. The molecule has 0 bridgehead atoms. The number of carbonyl (C=O) groups excluding carboxylic acids is 1. The highest BCUT2D eigenvalue weighted by Crippen LogP contribution is 2.32. The first-order chi connectivity index (χ1) is 28.1. The molecule has 0 saturated carbocycles. The van der Waals surface area contributed by atoms with Crippen LogP contribution in [0.2, 0.25) is 0 Å². The summed E-state index contributed by atoms with van der Waals surface area (Å²) in [7, 11) is 0. The van der Waals surface area contributed by atoms with Crippen LogP contribution in [0.5, 0.6) is 0 Å². The van der Waals surface area contributed by atoms with Gasteiger partial charge in [0.1, 0.15) is 23.7 Å². The maximum atomic E-state index is 12.2. The van der Waals surface area contributed by atoms with Gasteiger partial charge in [-0.2, -0.15) is 0 Å². The number of carbonyl (C=O) groups is 2. The van der Waals surface area contributed by atoms with Crippen LogP contribution >= 0.6 is 31.9 Å². The van der Waals surface area contributed by atoms with E-state index in [9.17, 15) is 14.7 Å². The summed E-state index contributed by atoms with van der Waals surface area (Å²) >= 11 is 7.26. The number of benzene rings is 4. The lowest BCUT2D eigenvalue weighted by Gasteiger charge is -2.22. The molecule has 14 heteroatoms. The van der Waals surface area contributed by atoms with Crippen LogP contribution in [0.3, 0.4) is 0 Å². The lowest BCUT2D eigenvalue weighted by atomic mass is 10.0. The molecule has 12 nitrogen and oxygen atoms in total. The molecular formula is C44H49Br2N7O5. The molecule has 0 spiro atoms. The molecule has 2 saturated heterocycles. The summed E-state index contributed by atoms with van der Waals surface area (Å²) in [6.45, 7) is 11.5. The molecule has 58 heavy (non-hydrogen) atoms. The predicted octanol–water partition coefficient (Wildman–Crippen LogP) is 9.32. The van der Waals surface area contributed by atoms with Gasteiger partial charge in [-0.1, -0.05) is 31.9 Å². The number of halogens is 2. The fraction of sp³-hybridized carbons (Fsp3) is 0.364. The number of anilines is 2. The number of nitrogens with zero attached hydrogens (tertiary/aromatic N) is 4. The van der Waals surface area contributed by atoms with E-state index in [0.717, 1.165) is 130 Å². The van der Waals surface area contributed by atoms with Crippen molar-refractivity contribution in [3.63, 3.8) is 0 Å². The second-order valence-electron chi connectivity index (χ2n) is 14.9. The van der Waals surface area contributed by atoms with Crippen molar-refractivity contribution in [2.24, 2.45) is 11.8 Å². The van der Waals surface area contributed by atoms with Crippen molar-refractivity contribution in [1.82, 2.24) is 24.4 Å². The van der Waals surface area contributed by atoms with Gasteiger partial charge in [0.25, 0.3) is 5.91 Å². The van der Waals surface area contributed by atoms with Crippen LogP contribution in [0.15, 0.2) is 82.3 Å². The number of aromatic carboxylic acids is 1. The Bertz CT molecular complexity index is 2420. The van der Waals surface area contributed by atoms with E-state index in [1.165, 1.54) is 0 Å². The normalized spacial score (nSPS) is 14.9. The highest BCUT2D eigenvalue weighted by Gasteiger charge is 2.19. The molecule has 4 N–H and O–H groups in total. The monoisotopic (exact) mass is 913 g/mol. The predicted molar refractivity (Wildman–Crippen MR) is 236 cm³/mol. The summed E-state index contributed by atoms with van der Waals surface area (Å²) in [4.78, 5) is 32.8. The van der Waals surface area contributed by atoms with E-state index in [1.54, 1.807) is 12.4 Å². The molecule has 2 aliphatic heterocycles. The molecule has 4 heterocycles. The third-order valence-electron chi connectivity index (χ3n) is 10.9. The zero-order valence-electron chi connectivity index (χ0n) is 33.0. The smallest absolute Gasteiger partial charge is 0.335 e. The highest BCUT2D eigenvalue weighted by molar-refractivity contribution is 9.10. The van der Waals surface area contributed by atoms with Crippen molar-refractivity contribution < 1.29 is 24.2 Å². The maximum absolute atomic E-state index is 12.2. The van der Waals surface area contributed by atoms with Gasteiger partial charge in [-0.05, 0) is 130 Å². The van der Waals surface area contributed by atoms with Gasteiger partial charge < -0.3 is 30.5 Å². The number of amides is 1. The molecule has 1 amide bonds. The Balaban J connectivity index is 0.000000177. The number of hydrogen-bond acceptors (Lipinski definition) is 8. The second-order valence-corrected chi connectivity index (χ2v) is 16.7. The first-order valence-electron chi connectivity index (χ1n) is 19.8. The summed E-state index contributed by atoms with van der Waals surface area (Å²) in [6, 6.07) is 19.5. The van der Waals surface area contributed by atoms with Gasteiger partial charge in [0.05, 0.1) is 28.0 Å². The minimum atomic E-state index is -0.915. The topological polar surface area (TPSA) is 145 Å². The molecule has 0 unspecified atom stereocenters. The Morgan fingerprint density at radius 1 is 0.707 bits per heavy atom. The zero-order valence-corrected chi connectivity index (χ0v) is 36.2. The van der Waals surface area contributed by atoms with E-state index in [2.05, 4.69) is 75.6 Å². The number of carboxylic acid groups (broad SMARTS) is 1. The molecule has 0 aliphatic carbocycles. The summed E-state index contributed by atoms with van der Waals surface area (Å²) in [5, 5.41) is 19.3. The Morgan fingerprint density at radius 2 is 1.16 bits per heavy atom. The molecule has 6 aromatic rings. The summed E-state index contributed by atoms with van der Waals surface area (Å²) in [6.07, 6.45) is 7.97. The van der Waals surface area contributed by atoms with Gasteiger partial charge in [-0.25, -0.2) is 14.8 Å². The SMILES string of the molecule is CCNC(=O)c1ccc(-n2cnc3c(NCC4CCOCC4)cc(Br)cc32)cc1C.Cc1cc(-n2cnc3c(NCC4CCOCC4)cc(Br)cc32)ccc1C(=O)O. The van der Waals surface area contributed by atoms with Crippen LogP contribution < -0.4 is 16.0 Å². The number of rotatable bonds is 11. The van der Waals surface area contributed by atoms with E-state index < -0.39 is 5.97 Å². The van der Waals surface area contributed by atoms with Crippen molar-refractivity contribution in [1.29, 1.82) is 0 Å². The van der Waals surface area contributed by atoms with Crippen molar-refractivity contribution >= 4 is 77.2 Å². The van der Waals surface area contributed by atoms with Crippen molar-refractivity contribution in [3.05, 3.63) is 105 Å². The molecule has 2 aromatic heterocycles. The van der Waals surface area contributed by atoms with Crippen LogP contribution in [0, 0.1) is 25.7 Å². The van der Waals surface area contributed by atoms with Gasteiger partial charge in [-0.15, -0.1) is 0 Å². The molecule has 0 radical (unpaired) electrons. The summed E-state index contributed by atoms with van der Waals surface area (Å²) < 4.78 is 16.9. The van der Waals surface area contributed by atoms with Gasteiger partial charge in [0.2, 0.25) is 0 Å². The van der Waals surface area contributed by atoms with E-state index >= 15 is 0 Å². The first-order valence-corrected chi connectivity index (χ1v) is 21.4. The summed E-state index contributed by atoms with van der Waals surface area (Å²) in [5.41, 5.74) is 10.4. The van der Waals surface area contributed by atoms with E-state index in [1.807, 2.05) is 68.1 Å². The number of carboxylic acids is 1. The lowest BCUT2D eigenvalue weighted by Crippen LogP contribution is -2.23. The molecule has 2 aliphatic rings. The number of imidazole rings is 2. The maximum Gasteiger partial charge on any atom is 0.335 e. The van der Waals surface area contributed by atoms with Gasteiger partial charge in [-0.3, -0.25) is 13.9 Å². The minimum Gasteiger partial charge on any atom is -0.478 e. The first kappa shape index (κ1) is 41.4. The lowest BCUT2D eigenvalue weighted by molar-refractivity contribution is 0.0693. The van der Waals surface area contributed by atoms with E-state index in [0.29, 0.717) is 29.5 Å². The molecule has 304 valence electrons. The van der Waals surface area contributed by atoms with Crippen molar-refractivity contribution in [2.75, 3.05) is 56.7 Å². The van der Waals surface area contributed by atoms with Gasteiger partial charge >= 0.3 is 5.97 Å². The average Bonchev–Trinajstić information content (AvgIpc) is 3.85. The quantitative estimate of drug-likeness (QED) is 0.100. The molecule has 4 aromatic carbocycles. The Hall–Kier alpha value is -4.76. The van der Waals surface area contributed by atoms with Gasteiger partial charge in [0, 0.05) is 71.9 Å². The largest absolute Gasteiger partial charge is 0.478 e. The number of fused-ring (bicyclic) bond motifs is 2. The van der Waals surface area contributed by atoms with E-state index in [-0.39, 0.29) is 5.91 Å². The highest BCUT2D eigenvalue weighted by atomic mass is 79.9. The van der Waals surface area contributed by atoms with Crippen molar-refractivity contribution in [3.8, 4) is 11.4 Å². The fourth-order valence-corrected chi connectivity index (χ4v) is 8.49. The third-order valence-corrected chi connectivity index (χ3v) is 11.8. The number of aromatic nitrogens is 4. The molecule has 8 rings (SSSR count). The Kier molecular flexibility index (Phi) is 13.5. The molecule has 2 fully saturated rings. The fourth-order valence-electron chi connectivity index (χ4n) is 7.60. The Labute approximate surface area is 355 Å². The number of ether oxygens (including phenoxy) is 2. The van der Waals surface area contributed by atoms with Crippen molar-refractivity contribution in [2.45, 2.75) is 46.5 Å². The van der Waals surface area contributed by atoms with Crippen LogP contribution in [-0.2, 0) is 9.47 Å². The standard InChI is InChI=1S/C23H27BrN4O2.C21H22BrN3O3/c1-3-25-23(29)19-5-4-18(10-15(19)2)28-14-27-22-20(11-17(24)12-21(22)28)26-13-16-6-8-30-9-7-16;1-13-8-16(2-3-17(13)21(26)27)25-12-24-20-18(9-15(22)10-19(20)25)23-11-14-4-6-28-7-5-14/h4-5,10-12,14,16,26H,3,6-9,13H2,1-2H3,(H,25,29);2-3,8-10,12,14,23H,4-7,11H2,1H3,(H,26,27). The van der Waals surface area contributed by atoms with Crippen LogP contribution in [0.1, 0.15) is 64.4 Å². The average molecular weight is 916 g/mol.